The first-order chi connectivity index (χ1) is 18.3. The minimum Gasteiger partial charge on any atom is -0.444 e. The Morgan fingerprint density at radius 1 is 1.21 bits per heavy atom. The van der Waals surface area contributed by atoms with Crippen LogP contribution >= 0.6 is 0 Å². The maximum absolute atomic E-state index is 14.0. The van der Waals surface area contributed by atoms with Crippen LogP contribution in [-0.4, -0.2) is 63.5 Å². The van der Waals surface area contributed by atoms with Crippen LogP contribution in [0.4, 0.5) is 14.9 Å². The Balaban J connectivity index is 1.66. The molecule has 0 saturated carbocycles. The van der Waals surface area contributed by atoms with E-state index >= 15 is 0 Å². The van der Waals surface area contributed by atoms with Gasteiger partial charge in [-0.15, -0.1) is 0 Å². The van der Waals surface area contributed by atoms with E-state index in [9.17, 15) is 27.5 Å². The summed E-state index contributed by atoms with van der Waals surface area (Å²) in [6, 6.07) is 11.8. The minimum atomic E-state index is -4.06. The van der Waals surface area contributed by atoms with E-state index in [-0.39, 0.29) is 29.7 Å². The highest BCUT2D eigenvalue weighted by Crippen LogP contribution is 2.26. The Labute approximate surface area is 228 Å². The summed E-state index contributed by atoms with van der Waals surface area (Å²) in [7, 11) is -4.06. The van der Waals surface area contributed by atoms with Gasteiger partial charge in [-0.2, -0.15) is 0 Å². The minimum absolute atomic E-state index is 0.0544. The third kappa shape index (κ3) is 9.57. The first kappa shape index (κ1) is 30.5. The number of sulfonamides is 1. The van der Waals surface area contributed by atoms with Crippen molar-refractivity contribution < 1.29 is 37.0 Å². The molecule has 214 valence electrons. The maximum atomic E-state index is 14.0. The molecule has 1 fully saturated rings. The van der Waals surface area contributed by atoms with Crippen molar-refractivity contribution in [3.8, 4) is 0 Å². The Bertz CT molecular complexity index is 1240. The summed E-state index contributed by atoms with van der Waals surface area (Å²) < 4.78 is 52.9. The standard InChI is InChI=1S/C27H36FN3O7S/c1-18(32)30-23-14-21(9-10-22(23)28)39(35,36)29-17-27(2,3)15-25(33)24(13-19-7-5-4-6-8-19)31-26(34)38-20-11-12-37-16-20/h4-10,14,20,24-25,29,33H,11-13,15-17H2,1-3H3,(H,30,32)(H,31,34)/t20-,24-,25?/m0/s1. The number of rotatable bonds is 12. The van der Waals surface area contributed by atoms with Crippen LogP contribution in [0.5, 0.6) is 0 Å². The molecule has 10 nitrogen and oxygen atoms in total. The molecule has 3 atom stereocenters. The lowest BCUT2D eigenvalue weighted by Gasteiger charge is -2.32. The lowest BCUT2D eigenvalue weighted by molar-refractivity contribution is -0.114. The molecule has 0 aliphatic carbocycles. The number of carbonyl (C=O) groups excluding carboxylic acids is 2. The van der Waals surface area contributed by atoms with Crippen molar-refractivity contribution in [3.63, 3.8) is 0 Å². The molecule has 0 bridgehead atoms. The van der Waals surface area contributed by atoms with Crippen LogP contribution in [0.1, 0.15) is 39.2 Å². The lowest BCUT2D eigenvalue weighted by Crippen LogP contribution is -2.48. The fraction of sp³-hybridized carbons (Fsp3) is 0.481. The zero-order chi connectivity index (χ0) is 28.6. The molecule has 0 aromatic heterocycles. The topological polar surface area (TPSA) is 143 Å². The summed E-state index contributed by atoms with van der Waals surface area (Å²) >= 11 is 0. The smallest absolute Gasteiger partial charge is 0.407 e. The van der Waals surface area contributed by atoms with Gasteiger partial charge in [0.25, 0.3) is 0 Å². The van der Waals surface area contributed by atoms with Gasteiger partial charge in [-0.25, -0.2) is 22.3 Å². The molecule has 2 aromatic carbocycles. The van der Waals surface area contributed by atoms with Crippen LogP contribution in [0.2, 0.25) is 0 Å². The van der Waals surface area contributed by atoms with E-state index in [1.165, 1.54) is 6.92 Å². The van der Waals surface area contributed by atoms with E-state index in [2.05, 4.69) is 15.4 Å². The van der Waals surface area contributed by atoms with E-state index in [1.54, 1.807) is 13.8 Å². The fourth-order valence-corrected chi connectivity index (χ4v) is 5.47. The number of anilines is 1. The monoisotopic (exact) mass is 565 g/mol. The summed E-state index contributed by atoms with van der Waals surface area (Å²) in [5.41, 5.74) is -0.0888. The van der Waals surface area contributed by atoms with Gasteiger partial charge >= 0.3 is 6.09 Å². The number of hydrogen-bond donors (Lipinski definition) is 4. The fourth-order valence-electron chi connectivity index (χ4n) is 4.21. The molecule has 39 heavy (non-hydrogen) atoms. The third-order valence-electron chi connectivity index (χ3n) is 6.29. The van der Waals surface area contributed by atoms with Crippen LogP contribution in [0.15, 0.2) is 53.4 Å². The van der Waals surface area contributed by atoms with Gasteiger partial charge in [-0.05, 0) is 42.0 Å². The van der Waals surface area contributed by atoms with Crippen molar-refractivity contribution in [1.29, 1.82) is 0 Å². The number of amides is 2. The van der Waals surface area contributed by atoms with Crippen molar-refractivity contribution in [2.45, 2.75) is 63.2 Å². The average molecular weight is 566 g/mol. The van der Waals surface area contributed by atoms with Crippen molar-refractivity contribution in [2.75, 3.05) is 25.1 Å². The summed E-state index contributed by atoms with van der Waals surface area (Å²) in [6.07, 6.45) is -0.956. The van der Waals surface area contributed by atoms with Crippen molar-refractivity contribution in [3.05, 3.63) is 59.9 Å². The third-order valence-corrected chi connectivity index (χ3v) is 7.69. The zero-order valence-corrected chi connectivity index (χ0v) is 23.1. The molecule has 1 aliphatic heterocycles. The van der Waals surface area contributed by atoms with E-state index in [0.29, 0.717) is 26.1 Å². The second-order valence-electron chi connectivity index (χ2n) is 10.4. The van der Waals surface area contributed by atoms with Crippen LogP contribution < -0.4 is 15.4 Å². The Morgan fingerprint density at radius 3 is 2.56 bits per heavy atom. The van der Waals surface area contributed by atoms with Gasteiger partial charge < -0.3 is 25.2 Å². The Hall–Kier alpha value is -3.06. The van der Waals surface area contributed by atoms with Crippen LogP contribution in [0.25, 0.3) is 0 Å². The number of nitrogens with one attached hydrogen (secondary N) is 3. The summed E-state index contributed by atoms with van der Waals surface area (Å²) in [4.78, 5) is 23.6. The number of aliphatic hydroxyl groups excluding tert-OH is 1. The van der Waals surface area contributed by atoms with E-state index < -0.39 is 45.4 Å². The molecule has 2 aromatic rings. The number of hydrogen-bond acceptors (Lipinski definition) is 7. The number of aliphatic hydroxyl groups is 1. The summed E-state index contributed by atoms with van der Waals surface area (Å²) in [6.45, 7) is 5.54. The first-order valence-electron chi connectivity index (χ1n) is 12.7. The van der Waals surface area contributed by atoms with Gasteiger partial charge in [0.05, 0.1) is 35.9 Å². The molecular weight excluding hydrogens is 529 g/mol. The van der Waals surface area contributed by atoms with Crippen LogP contribution in [0, 0.1) is 11.2 Å². The van der Waals surface area contributed by atoms with E-state index in [4.69, 9.17) is 9.47 Å². The van der Waals surface area contributed by atoms with Gasteiger partial charge in [-0.3, -0.25) is 4.79 Å². The van der Waals surface area contributed by atoms with Gasteiger partial charge in [0.2, 0.25) is 15.9 Å². The first-order valence-corrected chi connectivity index (χ1v) is 14.2. The van der Waals surface area contributed by atoms with Crippen molar-refractivity contribution in [2.24, 2.45) is 5.41 Å². The predicted octanol–water partition coefficient (Wildman–Crippen LogP) is 2.97. The van der Waals surface area contributed by atoms with Crippen molar-refractivity contribution in [1.82, 2.24) is 10.0 Å². The predicted molar refractivity (Wildman–Crippen MR) is 143 cm³/mol. The highest BCUT2D eigenvalue weighted by atomic mass is 32.2. The van der Waals surface area contributed by atoms with Gasteiger partial charge in [0, 0.05) is 19.9 Å². The Morgan fingerprint density at radius 2 is 1.92 bits per heavy atom. The van der Waals surface area contributed by atoms with E-state index in [0.717, 1.165) is 23.8 Å². The van der Waals surface area contributed by atoms with Gasteiger partial charge in [0.1, 0.15) is 11.9 Å². The van der Waals surface area contributed by atoms with Crippen molar-refractivity contribution >= 4 is 27.7 Å². The molecule has 3 rings (SSSR count). The lowest BCUT2D eigenvalue weighted by atomic mass is 9.83. The second kappa shape index (κ2) is 13.3. The largest absolute Gasteiger partial charge is 0.444 e. The zero-order valence-electron chi connectivity index (χ0n) is 22.3. The highest BCUT2D eigenvalue weighted by molar-refractivity contribution is 7.89. The second-order valence-corrected chi connectivity index (χ2v) is 12.2. The molecule has 12 heteroatoms. The molecular formula is C27H36FN3O7S. The number of benzene rings is 2. The number of carbonyl (C=O) groups is 2. The van der Waals surface area contributed by atoms with Crippen LogP contribution in [-0.2, 0) is 30.7 Å². The normalized spacial score (nSPS) is 17.3. The molecule has 1 saturated heterocycles. The average Bonchev–Trinajstić information content (AvgIpc) is 3.37. The number of ether oxygens (including phenoxy) is 2. The number of halogens is 1. The van der Waals surface area contributed by atoms with Gasteiger partial charge in [-0.1, -0.05) is 44.2 Å². The molecule has 2 amide bonds. The summed E-state index contributed by atoms with van der Waals surface area (Å²) in [5, 5.41) is 16.2. The Kier molecular flexibility index (Phi) is 10.4. The van der Waals surface area contributed by atoms with E-state index in [1.807, 2.05) is 30.3 Å². The molecule has 4 N–H and O–H groups in total. The molecule has 0 spiro atoms. The molecule has 1 unspecified atom stereocenters. The maximum Gasteiger partial charge on any atom is 0.407 e. The molecule has 1 aliphatic rings. The SMILES string of the molecule is CC(=O)Nc1cc(S(=O)(=O)NCC(C)(C)CC(O)[C@H](Cc2ccccc2)NC(=O)O[C@H]2CCOC2)ccc1F. The molecule has 1 heterocycles. The quantitative estimate of drug-likeness (QED) is 0.310. The summed E-state index contributed by atoms with van der Waals surface area (Å²) in [5.74, 6) is -1.30. The van der Waals surface area contributed by atoms with Crippen LogP contribution in [0.3, 0.4) is 0 Å². The molecule has 0 radical (unpaired) electrons. The number of alkyl carbamates (subject to hydrolysis) is 1. The van der Waals surface area contributed by atoms with Gasteiger partial charge in [0.15, 0.2) is 0 Å². The highest BCUT2D eigenvalue weighted by Gasteiger charge is 2.31.